The third-order valence-corrected chi connectivity index (χ3v) is 5.37. The molecule has 1 aliphatic heterocycles. The second-order valence-electron chi connectivity index (χ2n) is 8.06. The Morgan fingerprint density at radius 2 is 1.77 bits per heavy atom. The number of amides is 3. The zero-order valence-corrected chi connectivity index (χ0v) is 18.6. The highest BCUT2D eigenvalue weighted by molar-refractivity contribution is 5.90. The number of benzene rings is 2. The van der Waals surface area contributed by atoms with Gasteiger partial charge in [0.1, 0.15) is 0 Å². The molecule has 0 radical (unpaired) electrons. The van der Waals surface area contributed by atoms with Crippen molar-refractivity contribution in [3.8, 4) is 11.5 Å². The van der Waals surface area contributed by atoms with E-state index in [4.69, 9.17) is 9.47 Å². The van der Waals surface area contributed by atoms with Crippen LogP contribution < -0.4 is 20.1 Å². The number of methoxy groups -OCH3 is 2. The summed E-state index contributed by atoms with van der Waals surface area (Å²) in [7, 11) is 3.20. The highest BCUT2D eigenvalue weighted by Gasteiger charge is 2.32. The number of para-hydroxylation sites is 1. The molecule has 3 rings (SSSR count). The molecule has 31 heavy (non-hydrogen) atoms. The van der Waals surface area contributed by atoms with E-state index in [2.05, 4.69) is 10.6 Å². The lowest BCUT2D eigenvalue weighted by atomic mass is 9.91. The molecular formula is C24H31N3O4. The zero-order valence-electron chi connectivity index (χ0n) is 18.6. The fourth-order valence-corrected chi connectivity index (χ4v) is 3.86. The van der Waals surface area contributed by atoms with Crippen molar-refractivity contribution >= 4 is 17.6 Å². The molecule has 2 N–H and O–H groups in total. The van der Waals surface area contributed by atoms with Crippen LogP contribution in [0.2, 0.25) is 0 Å². The molecule has 0 spiro atoms. The predicted molar refractivity (Wildman–Crippen MR) is 121 cm³/mol. The summed E-state index contributed by atoms with van der Waals surface area (Å²) in [5.41, 5.74) is 2.77. The van der Waals surface area contributed by atoms with Crippen molar-refractivity contribution in [1.82, 2.24) is 10.2 Å². The largest absolute Gasteiger partial charge is 0.493 e. The van der Waals surface area contributed by atoms with E-state index in [-0.39, 0.29) is 23.9 Å². The molecule has 0 unspecified atom stereocenters. The zero-order chi connectivity index (χ0) is 22.4. The van der Waals surface area contributed by atoms with Crippen LogP contribution in [0, 0.1) is 5.92 Å². The van der Waals surface area contributed by atoms with Gasteiger partial charge < -0.3 is 25.0 Å². The van der Waals surface area contributed by atoms with Crippen LogP contribution in [0.25, 0.3) is 0 Å². The third-order valence-electron chi connectivity index (χ3n) is 5.37. The monoisotopic (exact) mass is 425 g/mol. The number of ether oxygens (including phenoxy) is 2. The average Bonchev–Trinajstić information content (AvgIpc) is 2.76. The smallest absolute Gasteiger partial charge is 0.322 e. The molecular weight excluding hydrogens is 394 g/mol. The Morgan fingerprint density at radius 1 is 1.10 bits per heavy atom. The first-order valence-electron chi connectivity index (χ1n) is 10.6. The Morgan fingerprint density at radius 3 is 2.42 bits per heavy atom. The van der Waals surface area contributed by atoms with E-state index in [1.54, 1.807) is 19.1 Å². The van der Waals surface area contributed by atoms with Crippen LogP contribution in [0.5, 0.6) is 11.5 Å². The number of hydrogen-bond donors (Lipinski definition) is 2. The number of carbonyl (C=O) groups excluding carboxylic acids is 2. The normalized spacial score (nSPS) is 15.3. The fraction of sp³-hybridized carbons (Fsp3) is 0.417. The van der Waals surface area contributed by atoms with Crippen LogP contribution in [0.3, 0.4) is 0 Å². The fourth-order valence-electron chi connectivity index (χ4n) is 3.86. The molecule has 0 aliphatic carbocycles. The molecule has 3 amide bonds. The number of nitrogens with one attached hydrogen (secondary N) is 2. The highest BCUT2D eigenvalue weighted by atomic mass is 16.5. The molecule has 0 bridgehead atoms. The summed E-state index contributed by atoms with van der Waals surface area (Å²) in [6.07, 6.45) is 1.13. The van der Waals surface area contributed by atoms with Crippen LogP contribution in [-0.4, -0.2) is 44.1 Å². The van der Waals surface area contributed by atoms with Crippen molar-refractivity contribution < 1.29 is 19.1 Å². The van der Waals surface area contributed by atoms with Crippen LogP contribution in [0.4, 0.5) is 10.5 Å². The molecule has 2 aromatic carbocycles. The second kappa shape index (κ2) is 10.2. The van der Waals surface area contributed by atoms with E-state index < -0.39 is 0 Å². The maximum atomic E-state index is 13.1. The highest BCUT2D eigenvalue weighted by Crippen LogP contribution is 2.38. The third kappa shape index (κ3) is 5.48. The first kappa shape index (κ1) is 22.5. The summed E-state index contributed by atoms with van der Waals surface area (Å²) in [5, 5.41) is 5.97. The van der Waals surface area contributed by atoms with E-state index in [0.29, 0.717) is 37.4 Å². The predicted octanol–water partition coefficient (Wildman–Crippen LogP) is 4.00. The molecule has 2 aromatic rings. The SMILES string of the molecule is COc1cc2c(cc1OC)[C@@H](CNC(=O)CC(C)C)N(C(=O)Nc1ccccc1)CC2. The number of hydrogen-bond acceptors (Lipinski definition) is 4. The minimum absolute atomic E-state index is 0.0222. The van der Waals surface area contributed by atoms with Gasteiger partial charge in [0, 0.05) is 25.2 Å². The quantitative estimate of drug-likeness (QED) is 0.703. The van der Waals surface area contributed by atoms with Crippen LogP contribution in [0.15, 0.2) is 42.5 Å². The first-order chi connectivity index (χ1) is 14.9. The maximum absolute atomic E-state index is 13.1. The molecule has 0 aromatic heterocycles. The van der Waals surface area contributed by atoms with Gasteiger partial charge in [-0.05, 0) is 47.7 Å². The Labute approximate surface area is 183 Å². The molecule has 166 valence electrons. The Bertz CT molecular complexity index is 915. The van der Waals surface area contributed by atoms with Gasteiger partial charge in [-0.2, -0.15) is 0 Å². The van der Waals surface area contributed by atoms with Crippen molar-refractivity contribution in [2.45, 2.75) is 32.7 Å². The lowest BCUT2D eigenvalue weighted by Gasteiger charge is -2.38. The minimum Gasteiger partial charge on any atom is -0.493 e. The van der Waals surface area contributed by atoms with E-state index in [9.17, 15) is 9.59 Å². The van der Waals surface area contributed by atoms with Gasteiger partial charge in [-0.3, -0.25) is 4.79 Å². The van der Waals surface area contributed by atoms with Gasteiger partial charge in [0.2, 0.25) is 5.91 Å². The molecule has 0 fully saturated rings. The van der Waals surface area contributed by atoms with Crippen molar-refractivity contribution in [3.05, 3.63) is 53.6 Å². The second-order valence-corrected chi connectivity index (χ2v) is 8.06. The molecule has 1 heterocycles. The summed E-state index contributed by atoms with van der Waals surface area (Å²) in [5.74, 6) is 1.50. The van der Waals surface area contributed by atoms with Gasteiger partial charge >= 0.3 is 6.03 Å². The summed E-state index contributed by atoms with van der Waals surface area (Å²) >= 11 is 0. The first-order valence-corrected chi connectivity index (χ1v) is 10.6. The van der Waals surface area contributed by atoms with Gasteiger partial charge in [0.05, 0.1) is 20.3 Å². The maximum Gasteiger partial charge on any atom is 0.322 e. The summed E-state index contributed by atoms with van der Waals surface area (Å²) in [6.45, 7) is 4.88. The topological polar surface area (TPSA) is 79.9 Å². The summed E-state index contributed by atoms with van der Waals surface area (Å²) in [6, 6.07) is 12.7. The van der Waals surface area contributed by atoms with E-state index >= 15 is 0 Å². The van der Waals surface area contributed by atoms with E-state index in [0.717, 1.165) is 16.8 Å². The van der Waals surface area contributed by atoms with E-state index in [1.807, 2.05) is 56.3 Å². The molecule has 7 heteroatoms. The summed E-state index contributed by atoms with van der Waals surface area (Å²) < 4.78 is 10.9. The molecule has 0 saturated heterocycles. The molecule has 1 atom stereocenters. The van der Waals surface area contributed by atoms with Crippen molar-refractivity contribution in [2.24, 2.45) is 5.92 Å². The number of urea groups is 1. The Balaban J connectivity index is 1.89. The van der Waals surface area contributed by atoms with Gasteiger partial charge in [0.15, 0.2) is 11.5 Å². The Hall–Kier alpha value is -3.22. The number of anilines is 1. The van der Waals surface area contributed by atoms with Crippen LogP contribution in [-0.2, 0) is 11.2 Å². The van der Waals surface area contributed by atoms with Gasteiger partial charge in [-0.25, -0.2) is 4.79 Å². The lowest BCUT2D eigenvalue weighted by Crippen LogP contribution is -2.47. The average molecular weight is 426 g/mol. The molecule has 7 nitrogen and oxygen atoms in total. The molecule has 0 saturated carbocycles. The molecule has 1 aliphatic rings. The summed E-state index contributed by atoms with van der Waals surface area (Å²) in [4.78, 5) is 27.2. The van der Waals surface area contributed by atoms with Gasteiger partial charge in [0.25, 0.3) is 0 Å². The Kier molecular flexibility index (Phi) is 7.39. The lowest BCUT2D eigenvalue weighted by molar-refractivity contribution is -0.122. The van der Waals surface area contributed by atoms with Crippen molar-refractivity contribution in [1.29, 1.82) is 0 Å². The van der Waals surface area contributed by atoms with Crippen LogP contribution in [0.1, 0.15) is 37.4 Å². The number of carbonyl (C=O) groups is 2. The number of fused-ring (bicyclic) bond motifs is 1. The van der Waals surface area contributed by atoms with Gasteiger partial charge in [-0.15, -0.1) is 0 Å². The van der Waals surface area contributed by atoms with Crippen molar-refractivity contribution in [3.63, 3.8) is 0 Å². The number of rotatable bonds is 7. The van der Waals surface area contributed by atoms with E-state index in [1.165, 1.54) is 0 Å². The standard InChI is InChI=1S/C24H31N3O4/c1-16(2)12-23(28)25-15-20-19-14-22(31-4)21(30-3)13-17(19)10-11-27(20)24(29)26-18-8-6-5-7-9-18/h5-9,13-14,16,20H,10-12,15H2,1-4H3,(H,25,28)(H,26,29)/t20-/m1/s1. The minimum atomic E-state index is -0.316. The van der Waals surface area contributed by atoms with Crippen LogP contribution >= 0.6 is 0 Å². The number of nitrogens with zero attached hydrogens (tertiary/aromatic N) is 1. The van der Waals surface area contributed by atoms with Crippen molar-refractivity contribution in [2.75, 3.05) is 32.6 Å². The van der Waals surface area contributed by atoms with Gasteiger partial charge in [-0.1, -0.05) is 32.0 Å².